The molecule has 2 aromatic carbocycles. The lowest BCUT2D eigenvalue weighted by molar-refractivity contribution is -0.115. The maximum atomic E-state index is 12.2. The first-order chi connectivity index (χ1) is 11.0. The molecule has 1 amide bonds. The Bertz CT molecular complexity index is 873. The van der Waals surface area contributed by atoms with Crippen molar-refractivity contribution in [1.29, 1.82) is 0 Å². The molecule has 23 heavy (non-hydrogen) atoms. The molecule has 0 radical (unpaired) electrons. The van der Waals surface area contributed by atoms with Crippen molar-refractivity contribution < 1.29 is 13.9 Å². The summed E-state index contributed by atoms with van der Waals surface area (Å²) in [7, 11) is 1.56. The van der Waals surface area contributed by atoms with E-state index < -0.39 is 0 Å². The highest BCUT2D eigenvalue weighted by molar-refractivity contribution is 6.30. The number of halogens is 1. The Morgan fingerprint density at radius 3 is 2.91 bits per heavy atom. The van der Waals surface area contributed by atoms with Crippen LogP contribution in [-0.2, 0) is 11.2 Å². The van der Waals surface area contributed by atoms with Crippen molar-refractivity contribution in [3.05, 3.63) is 52.9 Å². The van der Waals surface area contributed by atoms with Crippen LogP contribution in [0.1, 0.15) is 11.5 Å². The number of anilines is 1. The molecule has 1 aromatic heterocycles. The summed E-state index contributed by atoms with van der Waals surface area (Å²) in [4.78, 5) is 16.5. The Balaban J connectivity index is 1.76. The van der Waals surface area contributed by atoms with Crippen LogP contribution in [0.15, 0.2) is 40.8 Å². The number of carbonyl (C=O) groups is 1. The predicted octanol–water partition coefficient (Wildman–Crippen LogP) is 3.98. The minimum Gasteiger partial charge on any atom is -0.496 e. The van der Waals surface area contributed by atoms with Gasteiger partial charge in [0.15, 0.2) is 11.5 Å². The SMILES string of the molecule is COc1ccc(Cl)cc1CC(=O)Nc1ccc2nc(C)oc2c1. The monoisotopic (exact) mass is 330 g/mol. The van der Waals surface area contributed by atoms with Crippen LogP contribution in [0.25, 0.3) is 11.1 Å². The second-order valence-electron chi connectivity index (χ2n) is 5.10. The number of amides is 1. The Morgan fingerprint density at radius 1 is 1.30 bits per heavy atom. The minimum atomic E-state index is -0.166. The van der Waals surface area contributed by atoms with E-state index in [1.54, 1.807) is 50.4 Å². The fourth-order valence-electron chi connectivity index (χ4n) is 2.38. The third-order valence-corrected chi connectivity index (χ3v) is 3.61. The second-order valence-corrected chi connectivity index (χ2v) is 5.53. The van der Waals surface area contributed by atoms with Gasteiger partial charge in [-0.2, -0.15) is 0 Å². The average molecular weight is 331 g/mol. The van der Waals surface area contributed by atoms with Crippen LogP contribution >= 0.6 is 11.6 Å². The summed E-state index contributed by atoms with van der Waals surface area (Å²) in [6.07, 6.45) is 0.164. The molecule has 0 saturated carbocycles. The van der Waals surface area contributed by atoms with Crippen molar-refractivity contribution in [2.24, 2.45) is 0 Å². The highest BCUT2D eigenvalue weighted by Crippen LogP contribution is 2.24. The van der Waals surface area contributed by atoms with Crippen molar-refractivity contribution in [2.75, 3.05) is 12.4 Å². The maximum absolute atomic E-state index is 12.2. The van der Waals surface area contributed by atoms with Crippen molar-refractivity contribution >= 4 is 34.3 Å². The summed E-state index contributed by atoms with van der Waals surface area (Å²) in [5, 5.41) is 3.40. The number of hydrogen-bond acceptors (Lipinski definition) is 4. The van der Waals surface area contributed by atoms with Crippen molar-refractivity contribution in [1.82, 2.24) is 4.98 Å². The standard InChI is InChI=1S/C17H15ClN2O3/c1-10-19-14-5-4-13(9-16(14)23-10)20-17(21)8-11-7-12(18)3-6-15(11)22-2/h3-7,9H,8H2,1-2H3,(H,20,21). The zero-order valence-electron chi connectivity index (χ0n) is 12.7. The molecule has 0 fully saturated rings. The summed E-state index contributed by atoms with van der Waals surface area (Å²) in [5.74, 6) is 1.05. The number of methoxy groups -OCH3 is 1. The molecule has 1 heterocycles. The quantitative estimate of drug-likeness (QED) is 0.786. The summed E-state index contributed by atoms with van der Waals surface area (Å²) >= 11 is 5.98. The van der Waals surface area contributed by atoms with Gasteiger partial charge in [0, 0.05) is 29.3 Å². The number of nitrogens with one attached hydrogen (secondary N) is 1. The number of oxazole rings is 1. The van der Waals surface area contributed by atoms with Crippen molar-refractivity contribution in [3.63, 3.8) is 0 Å². The van der Waals surface area contributed by atoms with E-state index in [4.69, 9.17) is 20.8 Å². The molecule has 0 unspecified atom stereocenters. The molecule has 3 aromatic rings. The number of aryl methyl sites for hydroxylation is 1. The molecule has 0 atom stereocenters. The van der Waals surface area contributed by atoms with Crippen LogP contribution in [0.3, 0.4) is 0 Å². The van der Waals surface area contributed by atoms with Crippen LogP contribution in [0.5, 0.6) is 5.75 Å². The number of nitrogens with zero attached hydrogens (tertiary/aromatic N) is 1. The summed E-state index contributed by atoms with van der Waals surface area (Å²) in [6.45, 7) is 1.78. The van der Waals surface area contributed by atoms with E-state index in [1.165, 1.54) is 0 Å². The van der Waals surface area contributed by atoms with E-state index in [9.17, 15) is 4.79 Å². The lowest BCUT2D eigenvalue weighted by atomic mass is 10.1. The van der Waals surface area contributed by atoms with Gasteiger partial charge < -0.3 is 14.5 Å². The van der Waals surface area contributed by atoms with Gasteiger partial charge in [0.1, 0.15) is 11.3 Å². The third kappa shape index (κ3) is 3.46. The molecule has 6 heteroatoms. The van der Waals surface area contributed by atoms with Gasteiger partial charge in [-0.05, 0) is 30.3 Å². The number of hydrogen-bond donors (Lipinski definition) is 1. The number of benzene rings is 2. The largest absolute Gasteiger partial charge is 0.496 e. The van der Waals surface area contributed by atoms with Crippen LogP contribution in [0, 0.1) is 6.92 Å². The van der Waals surface area contributed by atoms with Crippen LogP contribution < -0.4 is 10.1 Å². The van der Waals surface area contributed by atoms with Crippen LogP contribution in [-0.4, -0.2) is 18.0 Å². The van der Waals surface area contributed by atoms with E-state index in [2.05, 4.69) is 10.3 Å². The number of fused-ring (bicyclic) bond motifs is 1. The molecule has 0 saturated heterocycles. The number of aromatic nitrogens is 1. The maximum Gasteiger partial charge on any atom is 0.228 e. The second kappa shape index (κ2) is 6.30. The summed E-state index contributed by atoms with van der Waals surface area (Å²) in [5.41, 5.74) is 2.78. The molecule has 0 aliphatic heterocycles. The Morgan fingerprint density at radius 2 is 2.13 bits per heavy atom. The van der Waals surface area contributed by atoms with Gasteiger partial charge in [0.05, 0.1) is 13.5 Å². The molecule has 3 rings (SSSR count). The number of carbonyl (C=O) groups excluding carboxylic acids is 1. The fourth-order valence-corrected chi connectivity index (χ4v) is 2.58. The number of ether oxygens (including phenoxy) is 1. The van der Waals surface area contributed by atoms with Gasteiger partial charge in [0.25, 0.3) is 0 Å². The molecule has 5 nitrogen and oxygen atoms in total. The minimum absolute atomic E-state index is 0.164. The molecule has 0 spiro atoms. The third-order valence-electron chi connectivity index (χ3n) is 3.37. The zero-order chi connectivity index (χ0) is 16.4. The van der Waals surface area contributed by atoms with E-state index in [0.29, 0.717) is 27.9 Å². The van der Waals surface area contributed by atoms with Gasteiger partial charge in [0.2, 0.25) is 5.91 Å². The van der Waals surface area contributed by atoms with Gasteiger partial charge in [-0.25, -0.2) is 4.98 Å². The molecule has 0 aliphatic carbocycles. The predicted molar refractivity (Wildman–Crippen MR) is 89.1 cm³/mol. The molecular formula is C17H15ClN2O3. The Hall–Kier alpha value is -2.53. The van der Waals surface area contributed by atoms with E-state index in [1.807, 2.05) is 0 Å². The zero-order valence-corrected chi connectivity index (χ0v) is 13.5. The van der Waals surface area contributed by atoms with E-state index >= 15 is 0 Å². The fraction of sp³-hybridized carbons (Fsp3) is 0.176. The van der Waals surface area contributed by atoms with Crippen molar-refractivity contribution in [3.8, 4) is 5.75 Å². The number of rotatable bonds is 4. The lowest BCUT2D eigenvalue weighted by Crippen LogP contribution is -2.14. The van der Waals surface area contributed by atoms with E-state index in [0.717, 1.165) is 11.1 Å². The Kier molecular flexibility index (Phi) is 4.21. The first-order valence-corrected chi connectivity index (χ1v) is 7.42. The van der Waals surface area contributed by atoms with E-state index in [-0.39, 0.29) is 12.3 Å². The van der Waals surface area contributed by atoms with Crippen LogP contribution in [0.2, 0.25) is 5.02 Å². The normalized spacial score (nSPS) is 10.7. The smallest absolute Gasteiger partial charge is 0.228 e. The van der Waals surface area contributed by atoms with Crippen LogP contribution in [0.4, 0.5) is 5.69 Å². The van der Waals surface area contributed by atoms with Crippen molar-refractivity contribution in [2.45, 2.75) is 13.3 Å². The van der Waals surface area contributed by atoms with Gasteiger partial charge >= 0.3 is 0 Å². The Labute approximate surface area is 138 Å². The van der Waals surface area contributed by atoms with Gasteiger partial charge in [-0.3, -0.25) is 4.79 Å². The molecule has 0 aliphatic rings. The average Bonchev–Trinajstić information content (AvgIpc) is 2.86. The summed E-state index contributed by atoms with van der Waals surface area (Å²) < 4.78 is 10.7. The highest BCUT2D eigenvalue weighted by Gasteiger charge is 2.11. The first kappa shape index (κ1) is 15.4. The molecule has 0 bridgehead atoms. The highest BCUT2D eigenvalue weighted by atomic mass is 35.5. The van der Waals surface area contributed by atoms with Gasteiger partial charge in [-0.1, -0.05) is 11.6 Å². The topological polar surface area (TPSA) is 64.4 Å². The first-order valence-electron chi connectivity index (χ1n) is 7.04. The molecule has 118 valence electrons. The van der Waals surface area contributed by atoms with Gasteiger partial charge in [-0.15, -0.1) is 0 Å². The lowest BCUT2D eigenvalue weighted by Gasteiger charge is -2.09. The summed E-state index contributed by atoms with van der Waals surface area (Å²) in [6, 6.07) is 10.5. The molecule has 1 N–H and O–H groups in total. The molecular weight excluding hydrogens is 316 g/mol.